The number of hydrogen-bond donors (Lipinski definition) is 2. The average molecular weight is 174 g/mol. The lowest BCUT2D eigenvalue weighted by atomic mass is 10.0. The third-order valence-corrected chi connectivity index (χ3v) is 1.94. The van der Waals surface area contributed by atoms with Gasteiger partial charge in [0.15, 0.2) is 0 Å². The molecule has 0 aliphatic rings. The molecule has 0 aromatic rings. The topological polar surface area (TPSA) is 52.6 Å². The van der Waals surface area contributed by atoms with Crippen LogP contribution in [0.25, 0.3) is 0 Å². The van der Waals surface area contributed by atoms with Crippen LogP contribution in [0.5, 0.6) is 0 Å². The number of hydrogen-bond acceptors (Lipinski definition) is 2. The van der Waals surface area contributed by atoms with Gasteiger partial charge >= 0.3 is 6.03 Å². The van der Waals surface area contributed by atoms with E-state index in [4.69, 9.17) is 5.11 Å². The van der Waals surface area contributed by atoms with Crippen molar-refractivity contribution in [3.05, 3.63) is 0 Å². The zero-order valence-electron chi connectivity index (χ0n) is 8.22. The summed E-state index contributed by atoms with van der Waals surface area (Å²) in [5.41, 5.74) is -0.499. The van der Waals surface area contributed by atoms with Gasteiger partial charge in [-0.25, -0.2) is 4.79 Å². The number of aliphatic hydroxyl groups excluding tert-OH is 1. The summed E-state index contributed by atoms with van der Waals surface area (Å²) >= 11 is 0. The summed E-state index contributed by atoms with van der Waals surface area (Å²) < 4.78 is 0. The maximum atomic E-state index is 11.2. The molecule has 0 fully saturated rings. The first kappa shape index (κ1) is 11.2. The predicted octanol–water partition coefficient (Wildman–Crippen LogP) is 0.419. The van der Waals surface area contributed by atoms with Gasteiger partial charge in [0, 0.05) is 14.1 Å². The second-order valence-corrected chi connectivity index (χ2v) is 3.40. The van der Waals surface area contributed by atoms with Crippen molar-refractivity contribution in [2.24, 2.45) is 0 Å². The lowest BCUT2D eigenvalue weighted by Crippen LogP contribution is -2.51. The molecule has 1 atom stereocenters. The van der Waals surface area contributed by atoms with Gasteiger partial charge < -0.3 is 15.3 Å². The Balaban J connectivity index is 4.12. The highest BCUT2D eigenvalue weighted by Crippen LogP contribution is 2.07. The lowest BCUT2D eigenvalue weighted by molar-refractivity contribution is 0.157. The molecule has 12 heavy (non-hydrogen) atoms. The van der Waals surface area contributed by atoms with Crippen LogP contribution in [-0.2, 0) is 0 Å². The van der Waals surface area contributed by atoms with E-state index in [0.29, 0.717) is 6.42 Å². The van der Waals surface area contributed by atoms with Crippen LogP contribution >= 0.6 is 0 Å². The standard InChI is InChI=1S/C8H18N2O2/c1-5-8(2,6-11)9-7(12)10(3)4/h11H,5-6H2,1-4H3,(H,9,12). The Hall–Kier alpha value is -0.770. The number of aliphatic hydroxyl groups is 1. The van der Waals surface area contributed by atoms with Gasteiger partial charge in [0.1, 0.15) is 0 Å². The van der Waals surface area contributed by atoms with Gasteiger partial charge in [0.05, 0.1) is 12.1 Å². The molecular weight excluding hydrogens is 156 g/mol. The molecule has 0 aliphatic heterocycles. The molecule has 4 heteroatoms. The summed E-state index contributed by atoms with van der Waals surface area (Å²) in [5.74, 6) is 0. The van der Waals surface area contributed by atoms with Crippen molar-refractivity contribution in [3.8, 4) is 0 Å². The zero-order chi connectivity index (χ0) is 9.78. The van der Waals surface area contributed by atoms with Crippen molar-refractivity contribution in [3.63, 3.8) is 0 Å². The van der Waals surface area contributed by atoms with Crippen molar-refractivity contribution in [2.45, 2.75) is 25.8 Å². The molecule has 0 saturated heterocycles. The van der Waals surface area contributed by atoms with E-state index < -0.39 is 5.54 Å². The highest BCUT2D eigenvalue weighted by atomic mass is 16.3. The molecule has 0 saturated carbocycles. The molecular formula is C8H18N2O2. The first-order valence-electron chi connectivity index (χ1n) is 4.05. The molecule has 0 rings (SSSR count). The van der Waals surface area contributed by atoms with Crippen molar-refractivity contribution >= 4 is 6.03 Å². The first-order chi connectivity index (χ1) is 5.45. The summed E-state index contributed by atoms with van der Waals surface area (Å²) in [6.07, 6.45) is 0.711. The van der Waals surface area contributed by atoms with E-state index in [1.54, 1.807) is 14.1 Å². The number of carbonyl (C=O) groups excluding carboxylic acids is 1. The van der Waals surface area contributed by atoms with Crippen LogP contribution in [0.3, 0.4) is 0 Å². The SMILES string of the molecule is CCC(C)(CO)NC(=O)N(C)C. The van der Waals surface area contributed by atoms with Crippen LogP contribution in [0.2, 0.25) is 0 Å². The normalized spacial score (nSPS) is 15.1. The quantitative estimate of drug-likeness (QED) is 0.651. The number of amides is 2. The second kappa shape index (κ2) is 4.30. The van der Waals surface area contributed by atoms with Crippen LogP contribution in [0.15, 0.2) is 0 Å². The summed E-state index contributed by atoms with van der Waals surface area (Å²) in [6, 6.07) is -0.173. The monoisotopic (exact) mass is 174 g/mol. The first-order valence-corrected chi connectivity index (χ1v) is 4.05. The number of rotatable bonds is 3. The van der Waals surface area contributed by atoms with Gasteiger partial charge in [0.25, 0.3) is 0 Å². The Morgan fingerprint density at radius 3 is 2.33 bits per heavy atom. The summed E-state index contributed by atoms with van der Waals surface area (Å²) in [7, 11) is 3.34. The second-order valence-electron chi connectivity index (χ2n) is 3.40. The number of carbonyl (C=O) groups is 1. The van der Waals surface area contributed by atoms with Crippen LogP contribution in [0, 0.1) is 0 Å². The van der Waals surface area contributed by atoms with Crippen molar-refractivity contribution in [1.29, 1.82) is 0 Å². The fourth-order valence-electron chi connectivity index (χ4n) is 0.610. The molecule has 0 bridgehead atoms. The Kier molecular flexibility index (Phi) is 4.03. The minimum absolute atomic E-state index is 0.0386. The van der Waals surface area contributed by atoms with Crippen molar-refractivity contribution in [2.75, 3.05) is 20.7 Å². The van der Waals surface area contributed by atoms with E-state index in [-0.39, 0.29) is 12.6 Å². The maximum absolute atomic E-state index is 11.2. The number of nitrogens with one attached hydrogen (secondary N) is 1. The molecule has 0 aliphatic carbocycles. The van der Waals surface area contributed by atoms with Gasteiger partial charge in [-0.3, -0.25) is 0 Å². The summed E-state index contributed by atoms with van der Waals surface area (Å²) in [6.45, 7) is 3.70. The van der Waals surface area contributed by atoms with Crippen LogP contribution in [-0.4, -0.2) is 42.3 Å². The molecule has 0 radical (unpaired) electrons. The molecule has 2 amide bonds. The smallest absolute Gasteiger partial charge is 0.317 e. The summed E-state index contributed by atoms with van der Waals surface area (Å²) in [4.78, 5) is 12.6. The third kappa shape index (κ3) is 3.09. The molecule has 2 N–H and O–H groups in total. The van der Waals surface area contributed by atoms with Gasteiger partial charge in [-0.05, 0) is 13.3 Å². The fraction of sp³-hybridized carbons (Fsp3) is 0.875. The Morgan fingerprint density at radius 2 is 2.08 bits per heavy atom. The third-order valence-electron chi connectivity index (χ3n) is 1.94. The van der Waals surface area contributed by atoms with E-state index in [2.05, 4.69) is 5.32 Å². The minimum Gasteiger partial charge on any atom is -0.394 e. The van der Waals surface area contributed by atoms with E-state index >= 15 is 0 Å². The largest absolute Gasteiger partial charge is 0.394 e. The van der Waals surface area contributed by atoms with E-state index in [9.17, 15) is 4.79 Å². The maximum Gasteiger partial charge on any atom is 0.317 e. The Morgan fingerprint density at radius 1 is 1.58 bits per heavy atom. The summed E-state index contributed by atoms with van der Waals surface area (Å²) in [5, 5.41) is 11.7. The molecule has 4 nitrogen and oxygen atoms in total. The predicted molar refractivity (Wildman–Crippen MR) is 48.0 cm³/mol. The fourth-order valence-corrected chi connectivity index (χ4v) is 0.610. The minimum atomic E-state index is -0.499. The van der Waals surface area contributed by atoms with Crippen LogP contribution in [0.1, 0.15) is 20.3 Å². The van der Waals surface area contributed by atoms with E-state index in [1.165, 1.54) is 4.90 Å². The number of urea groups is 1. The van der Waals surface area contributed by atoms with Gasteiger partial charge in [-0.1, -0.05) is 6.92 Å². The van der Waals surface area contributed by atoms with Crippen molar-refractivity contribution in [1.82, 2.24) is 10.2 Å². The molecule has 0 spiro atoms. The van der Waals surface area contributed by atoms with Crippen molar-refractivity contribution < 1.29 is 9.90 Å². The van der Waals surface area contributed by atoms with Crippen LogP contribution < -0.4 is 5.32 Å². The molecule has 0 heterocycles. The highest BCUT2D eigenvalue weighted by molar-refractivity contribution is 5.74. The zero-order valence-corrected chi connectivity index (χ0v) is 8.22. The molecule has 0 aromatic carbocycles. The van der Waals surface area contributed by atoms with Gasteiger partial charge in [0.2, 0.25) is 0 Å². The van der Waals surface area contributed by atoms with E-state index in [0.717, 1.165) is 0 Å². The molecule has 72 valence electrons. The highest BCUT2D eigenvalue weighted by Gasteiger charge is 2.23. The lowest BCUT2D eigenvalue weighted by Gasteiger charge is -2.28. The Bertz CT molecular complexity index is 153. The van der Waals surface area contributed by atoms with Gasteiger partial charge in [-0.15, -0.1) is 0 Å². The van der Waals surface area contributed by atoms with E-state index in [1.807, 2.05) is 13.8 Å². The van der Waals surface area contributed by atoms with Gasteiger partial charge in [-0.2, -0.15) is 0 Å². The Labute approximate surface area is 73.6 Å². The number of nitrogens with zero attached hydrogens (tertiary/aromatic N) is 1. The molecule has 1 unspecified atom stereocenters. The van der Waals surface area contributed by atoms with Crippen LogP contribution in [0.4, 0.5) is 4.79 Å². The molecule has 0 aromatic heterocycles. The average Bonchev–Trinajstić information content (AvgIpc) is 2.04.